The number of benzene rings is 2. The van der Waals surface area contributed by atoms with Crippen LogP contribution in [0.15, 0.2) is 48.5 Å². The summed E-state index contributed by atoms with van der Waals surface area (Å²) in [4.78, 5) is 4.54. The lowest BCUT2D eigenvalue weighted by molar-refractivity contribution is 0.876. The second-order valence-electron chi connectivity index (χ2n) is 5.02. The van der Waals surface area contributed by atoms with E-state index in [2.05, 4.69) is 4.98 Å². The third kappa shape index (κ3) is 2.75. The van der Waals surface area contributed by atoms with Crippen LogP contribution in [0.1, 0.15) is 22.9 Å². The van der Waals surface area contributed by atoms with Gasteiger partial charge in [0.15, 0.2) is 0 Å². The van der Waals surface area contributed by atoms with Gasteiger partial charge in [0.05, 0.1) is 21.6 Å². The Kier molecular flexibility index (Phi) is 3.85. The van der Waals surface area contributed by atoms with Gasteiger partial charge in [-0.3, -0.25) is 4.98 Å². The van der Waals surface area contributed by atoms with Crippen LogP contribution in [0.2, 0.25) is 10.0 Å². The zero-order valence-corrected chi connectivity index (χ0v) is 13.0. The lowest BCUT2D eigenvalue weighted by Crippen LogP contribution is -2.13. The highest BCUT2D eigenvalue weighted by molar-refractivity contribution is 6.42. The van der Waals surface area contributed by atoms with Crippen molar-refractivity contribution in [2.75, 3.05) is 0 Å². The Morgan fingerprint density at radius 2 is 1.76 bits per heavy atom. The summed E-state index contributed by atoms with van der Waals surface area (Å²) >= 11 is 12.1. The molecule has 0 aliphatic heterocycles. The Bertz CT molecular complexity index is 815. The SMILES string of the molecule is Cc1cc(C(N)c2ccc(Cl)c(Cl)c2)c2ccccc2n1. The van der Waals surface area contributed by atoms with E-state index in [1.165, 1.54) is 0 Å². The van der Waals surface area contributed by atoms with Gasteiger partial charge in [0.25, 0.3) is 0 Å². The summed E-state index contributed by atoms with van der Waals surface area (Å²) < 4.78 is 0. The van der Waals surface area contributed by atoms with Crippen molar-refractivity contribution in [3.8, 4) is 0 Å². The molecule has 2 N–H and O–H groups in total. The van der Waals surface area contributed by atoms with Gasteiger partial charge in [0, 0.05) is 11.1 Å². The van der Waals surface area contributed by atoms with Gasteiger partial charge in [-0.2, -0.15) is 0 Å². The minimum absolute atomic E-state index is 0.272. The highest BCUT2D eigenvalue weighted by Crippen LogP contribution is 2.30. The second kappa shape index (κ2) is 5.64. The normalized spacial score (nSPS) is 12.6. The van der Waals surface area contributed by atoms with Gasteiger partial charge in [0.2, 0.25) is 0 Å². The van der Waals surface area contributed by atoms with Crippen molar-refractivity contribution in [2.24, 2.45) is 5.73 Å². The number of nitrogens with two attached hydrogens (primary N) is 1. The number of rotatable bonds is 2. The van der Waals surface area contributed by atoms with Crippen molar-refractivity contribution in [2.45, 2.75) is 13.0 Å². The Morgan fingerprint density at radius 3 is 2.52 bits per heavy atom. The van der Waals surface area contributed by atoms with Crippen LogP contribution in [0.3, 0.4) is 0 Å². The molecule has 0 saturated heterocycles. The molecule has 3 aromatic rings. The number of aryl methyl sites for hydroxylation is 1. The predicted molar refractivity (Wildman–Crippen MR) is 89.0 cm³/mol. The summed E-state index contributed by atoms with van der Waals surface area (Å²) in [6, 6.07) is 15.2. The third-order valence-corrected chi connectivity index (χ3v) is 4.25. The molecular weight excluding hydrogens is 303 g/mol. The number of aromatic nitrogens is 1. The zero-order valence-electron chi connectivity index (χ0n) is 11.5. The number of pyridine rings is 1. The topological polar surface area (TPSA) is 38.9 Å². The molecule has 0 aliphatic rings. The second-order valence-corrected chi connectivity index (χ2v) is 5.84. The maximum absolute atomic E-state index is 6.44. The molecule has 0 saturated carbocycles. The monoisotopic (exact) mass is 316 g/mol. The van der Waals surface area contributed by atoms with E-state index in [4.69, 9.17) is 28.9 Å². The van der Waals surface area contributed by atoms with E-state index in [0.29, 0.717) is 10.0 Å². The van der Waals surface area contributed by atoms with Crippen molar-refractivity contribution >= 4 is 34.1 Å². The van der Waals surface area contributed by atoms with Gasteiger partial charge in [-0.05, 0) is 42.3 Å². The maximum atomic E-state index is 6.44. The lowest BCUT2D eigenvalue weighted by Gasteiger charge is -2.16. The lowest BCUT2D eigenvalue weighted by atomic mass is 9.96. The molecule has 1 unspecified atom stereocenters. The van der Waals surface area contributed by atoms with Crippen LogP contribution >= 0.6 is 23.2 Å². The van der Waals surface area contributed by atoms with E-state index >= 15 is 0 Å². The number of hydrogen-bond acceptors (Lipinski definition) is 2. The van der Waals surface area contributed by atoms with Crippen molar-refractivity contribution in [3.05, 3.63) is 75.4 Å². The molecule has 0 spiro atoms. The molecule has 2 nitrogen and oxygen atoms in total. The summed E-state index contributed by atoms with van der Waals surface area (Å²) in [7, 11) is 0. The fraction of sp³-hybridized carbons (Fsp3) is 0.118. The quantitative estimate of drug-likeness (QED) is 0.730. The maximum Gasteiger partial charge on any atom is 0.0708 e. The Balaban J connectivity index is 2.16. The first-order valence-corrected chi connectivity index (χ1v) is 7.38. The molecule has 2 aromatic carbocycles. The van der Waals surface area contributed by atoms with Crippen molar-refractivity contribution in [3.63, 3.8) is 0 Å². The molecule has 3 rings (SSSR count). The van der Waals surface area contributed by atoms with Crippen LogP contribution < -0.4 is 5.73 Å². The van der Waals surface area contributed by atoms with Crippen molar-refractivity contribution in [1.82, 2.24) is 4.98 Å². The van der Waals surface area contributed by atoms with Gasteiger partial charge in [-0.25, -0.2) is 0 Å². The zero-order chi connectivity index (χ0) is 15.0. The summed E-state index contributed by atoms with van der Waals surface area (Å²) in [6.07, 6.45) is 0. The number of nitrogens with zero attached hydrogens (tertiary/aromatic N) is 1. The molecule has 0 amide bonds. The number of para-hydroxylation sites is 1. The molecule has 4 heteroatoms. The Labute approximate surface area is 133 Å². The average Bonchev–Trinajstić information content (AvgIpc) is 2.48. The fourth-order valence-electron chi connectivity index (χ4n) is 2.48. The van der Waals surface area contributed by atoms with E-state index < -0.39 is 0 Å². The van der Waals surface area contributed by atoms with Gasteiger partial charge in [0.1, 0.15) is 0 Å². The largest absolute Gasteiger partial charge is 0.320 e. The first kappa shape index (κ1) is 14.3. The van der Waals surface area contributed by atoms with Gasteiger partial charge < -0.3 is 5.73 Å². The van der Waals surface area contributed by atoms with Gasteiger partial charge in [-0.1, -0.05) is 47.5 Å². The minimum Gasteiger partial charge on any atom is -0.320 e. The first-order valence-electron chi connectivity index (χ1n) is 6.63. The van der Waals surface area contributed by atoms with E-state index in [1.54, 1.807) is 6.07 Å². The van der Waals surface area contributed by atoms with Crippen LogP contribution in [0.5, 0.6) is 0 Å². The summed E-state index contributed by atoms with van der Waals surface area (Å²) in [6.45, 7) is 1.97. The molecule has 1 aromatic heterocycles. The minimum atomic E-state index is -0.272. The van der Waals surface area contributed by atoms with Gasteiger partial charge >= 0.3 is 0 Å². The molecule has 21 heavy (non-hydrogen) atoms. The van der Waals surface area contributed by atoms with Gasteiger partial charge in [-0.15, -0.1) is 0 Å². The standard InChI is InChI=1S/C17H14Cl2N2/c1-10-8-13(12-4-2-3-5-16(12)21-10)17(20)11-6-7-14(18)15(19)9-11/h2-9,17H,20H2,1H3. The summed E-state index contributed by atoms with van der Waals surface area (Å²) in [5, 5.41) is 2.10. The highest BCUT2D eigenvalue weighted by Gasteiger charge is 2.14. The molecule has 0 fully saturated rings. The van der Waals surface area contributed by atoms with E-state index in [1.807, 2.05) is 49.4 Å². The van der Waals surface area contributed by atoms with Crippen LogP contribution in [0, 0.1) is 6.92 Å². The summed E-state index contributed by atoms with van der Waals surface area (Å²) in [5.74, 6) is 0. The van der Waals surface area contributed by atoms with Crippen LogP contribution in [-0.4, -0.2) is 4.98 Å². The predicted octanol–water partition coefficient (Wildman–Crippen LogP) is 4.90. The van der Waals surface area contributed by atoms with Crippen molar-refractivity contribution < 1.29 is 0 Å². The number of hydrogen-bond donors (Lipinski definition) is 1. The van der Waals surface area contributed by atoms with Crippen molar-refractivity contribution in [1.29, 1.82) is 0 Å². The molecule has 1 atom stereocenters. The Hall–Kier alpha value is -1.61. The molecule has 0 radical (unpaired) electrons. The molecule has 106 valence electrons. The van der Waals surface area contributed by atoms with Crippen LogP contribution in [0.4, 0.5) is 0 Å². The third-order valence-electron chi connectivity index (χ3n) is 3.51. The number of fused-ring (bicyclic) bond motifs is 1. The van der Waals surface area contributed by atoms with Crippen LogP contribution in [-0.2, 0) is 0 Å². The first-order chi connectivity index (χ1) is 10.1. The molecule has 0 bridgehead atoms. The average molecular weight is 317 g/mol. The highest BCUT2D eigenvalue weighted by atomic mass is 35.5. The van der Waals surface area contributed by atoms with Crippen LogP contribution in [0.25, 0.3) is 10.9 Å². The molecule has 0 aliphatic carbocycles. The van der Waals surface area contributed by atoms with E-state index in [-0.39, 0.29) is 6.04 Å². The summed E-state index contributed by atoms with van der Waals surface area (Å²) in [5.41, 5.74) is 10.3. The smallest absolute Gasteiger partial charge is 0.0708 e. The molecule has 1 heterocycles. The van der Waals surface area contributed by atoms with E-state index in [9.17, 15) is 0 Å². The Morgan fingerprint density at radius 1 is 1.00 bits per heavy atom. The fourth-order valence-corrected chi connectivity index (χ4v) is 2.79. The molecular formula is C17H14Cl2N2. The van der Waals surface area contributed by atoms with E-state index in [0.717, 1.165) is 27.7 Å². The number of halogens is 2.